The van der Waals surface area contributed by atoms with Crippen molar-refractivity contribution in [1.82, 2.24) is 19.8 Å². The van der Waals surface area contributed by atoms with Gasteiger partial charge in [-0.2, -0.15) is 0 Å². The Labute approximate surface area is 211 Å². The molecule has 4 aromatic rings. The van der Waals surface area contributed by atoms with E-state index in [4.69, 9.17) is 23.2 Å². The van der Waals surface area contributed by atoms with E-state index >= 15 is 0 Å². The minimum absolute atomic E-state index is 0.335. The van der Waals surface area contributed by atoms with Gasteiger partial charge in [-0.05, 0) is 52.9 Å². The van der Waals surface area contributed by atoms with E-state index in [-0.39, 0.29) is 0 Å². The van der Waals surface area contributed by atoms with Crippen LogP contribution in [-0.2, 0) is 32.6 Å². The van der Waals surface area contributed by atoms with E-state index in [9.17, 15) is 0 Å². The Morgan fingerprint density at radius 1 is 0.853 bits per heavy atom. The molecule has 0 aliphatic carbocycles. The quantitative estimate of drug-likeness (QED) is 0.347. The molecule has 5 rings (SSSR count). The summed E-state index contributed by atoms with van der Waals surface area (Å²) in [7, 11) is 0. The second-order valence-electron chi connectivity index (χ2n) is 8.99. The molecule has 1 atom stereocenters. The molecule has 6 heteroatoms. The van der Waals surface area contributed by atoms with E-state index in [1.165, 1.54) is 27.9 Å². The van der Waals surface area contributed by atoms with E-state index in [2.05, 4.69) is 68.3 Å². The number of halogens is 2. The van der Waals surface area contributed by atoms with Crippen LogP contribution >= 0.6 is 23.2 Å². The lowest BCUT2D eigenvalue weighted by molar-refractivity contribution is 0.232. The molecule has 0 radical (unpaired) electrons. The van der Waals surface area contributed by atoms with Crippen molar-refractivity contribution in [3.63, 3.8) is 0 Å². The highest BCUT2D eigenvalue weighted by Gasteiger charge is 2.22. The Bertz CT molecular complexity index is 1240. The molecular weight excluding hydrogens is 463 g/mol. The van der Waals surface area contributed by atoms with Crippen LogP contribution in [0.3, 0.4) is 0 Å². The summed E-state index contributed by atoms with van der Waals surface area (Å²) >= 11 is 12.3. The summed E-state index contributed by atoms with van der Waals surface area (Å²) in [5, 5.41) is 5.36. The van der Waals surface area contributed by atoms with E-state index in [0.29, 0.717) is 6.04 Å². The van der Waals surface area contributed by atoms with E-state index in [0.717, 1.165) is 49.2 Å². The first-order chi connectivity index (χ1) is 16.6. The normalized spacial score (nSPS) is 16.2. The molecule has 3 aromatic carbocycles. The van der Waals surface area contributed by atoms with Gasteiger partial charge < -0.3 is 9.88 Å². The van der Waals surface area contributed by atoms with Gasteiger partial charge in [-0.25, -0.2) is 4.98 Å². The van der Waals surface area contributed by atoms with Crippen LogP contribution in [-0.4, -0.2) is 27.0 Å². The highest BCUT2D eigenvalue weighted by molar-refractivity contribution is 6.30. The zero-order valence-corrected chi connectivity index (χ0v) is 20.5. The van der Waals surface area contributed by atoms with Gasteiger partial charge in [0.05, 0.1) is 12.0 Å². The molecule has 1 aliphatic heterocycles. The molecule has 0 fully saturated rings. The smallest absolute Gasteiger partial charge is 0.0951 e. The number of hydrogen-bond donors (Lipinski definition) is 1. The molecular formula is C28H28Cl2N4. The van der Waals surface area contributed by atoms with Crippen LogP contribution in [0.4, 0.5) is 0 Å². The third-order valence-corrected chi connectivity index (χ3v) is 6.88. The molecule has 4 nitrogen and oxygen atoms in total. The van der Waals surface area contributed by atoms with Gasteiger partial charge in [0.15, 0.2) is 0 Å². The maximum absolute atomic E-state index is 6.25. The monoisotopic (exact) mass is 490 g/mol. The number of imidazole rings is 1. The summed E-state index contributed by atoms with van der Waals surface area (Å²) in [5.74, 6) is 0. The number of rotatable bonds is 7. The molecule has 1 aliphatic rings. The van der Waals surface area contributed by atoms with Crippen molar-refractivity contribution < 1.29 is 0 Å². The molecule has 2 heterocycles. The van der Waals surface area contributed by atoms with Crippen molar-refractivity contribution in [2.75, 3.05) is 6.54 Å². The second-order valence-corrected chi connectivity index (χ2v) is 9.86. The summed E-state index contributed by atoms with van der Waals surface area (Å²) in [6, 6.07) is 25.3. The molecule has 0 bridgehead atoms. The lowest BCUT2D eigenvalue weighted by Gasteiger charge is -2.25. The molecule has 0 saturated heterocycles. The fourth-order valence-corrected chi connectivity index (χ4v) is 5.02. The van der Waals surface area contributed by atoms with Crippen molar-refractivity contribution in [3.05, 3.63) is 123 Å². The molecule has 0 spiro atoms. The predicted octanol–water partition coefficient (Wildman–Crippen LogP) is 5.95. The van der Waals surface area contributed by atoms with E-state index < -0.39 is 0 Å². The fourth-order valence-electron chi connectivity index (χ4n) is 4.68. The van der Waals surface area contributed by atoms with E-state index in [1.54, 1.807) is 0 Å². The fraction of sp³-hybridized carbons (Fsp3) is 0.250. The first kappa shape index (κ1) is 23.1. The van der Waals surface area contributed by atoms with Crippen LogP contribution in [0.5, 0.6) is 0 Å². The average Bonchev–Trinajstić information content (AvgIpc) is 3.18. The second kappa shape index (κ2) is 10.7. The molecule has 34 heavy (non-hydrogen) atoms. The van der Waals surface area contributed by atoms with Crippen LogP contribution in [0.25, 0.3) is 0 Å². The van der Waals surface area contributed by atoms with Crippen molar-refractivity contribution in [1.29, 1.82) is 0 Å². The van der Waals surface area contributed by atoms with Gasteiger partial charge in [-0.1, -0.05) is 71.7 Å². The minimum Gasteiger partial charge on any atom is -0.329 e. The summed E-state index contributed by atoms with van der Waals surface area (Å²) < 4.78 is 2.20. The van der Waals surface area contributed by atoms with Crippen molar-refractivity contribution >= 4 is 23.2 Å². The number of nitrogens with zero attached hydrogens (tertiary/aromatic N) is 3. The Balaban J connectivity index is 1.29. The van der Waals surface area contributed by atoms with Gasteiger partial charge >= 0.3 is 0 Å². The first-order valence-corrected chi connectivity index (χ1v) is 12.4. The van der Waals surface area contributed by atoms with Gasteiger partial charge in [0, 0.05) is 55.0 Å². The highest BCUT2D eigenvalue weighted by atomic mass is 35.5. The lowest BCUT2D eigenvalue weighted by Crippen LogP contribution is -2.40. The van der Waals surface area contributed by atoms with Gasteiger partial charge in [0.2, 0.25) is 0 Å². The summed E-state index contributed by atoms with van der Waals surface area (Å²) in [5.41, 5.74) is 6.45. The third kappa shape index (κ3) is 5.89. The Morgan fingerprint density at radius 3 is 2.50 bits per heavy atom. The van der Waals surface area contributed by atoms with Crippen molar-refractivity contribution in [2.45, 2.75) is 38.6 Å². The maximum Gasteiger partial charge on any atom is 0.0951 e. The predicted molar refractivity (Wildman–Crippen MR) is 139 cm³/mol. The average molecular weight is 491 g/mol. The van der Waals surface area contributed by atoms with Gasteiger partial charge in [0.25, 0.3) is 0 Å². The zero-order valence-electron chi connectivity index (χ0n) is 19.0. The Hall–Kier alpha value is -2.63. The maximum atomic E-state index is 6.25. The topological polar surface area (TPSA) is 33.1 Å². The third-order valence-electron chi connectivity index (χ3n) is 6.39. The number of aromatic nitrogens is 2. The minimum atomic E-state index is 0.335. The molecule has 1 unspecified atom stereocenters. The van der Waals surface area contributed by atoms with Gasteiger partial charge in [-0.3, -0.25) is 4.90 Å². The van der Waals surface area contributed by atoms with Crippen molar-refractivity contribution in [2.24, 2.45) is 0 Å². The van der Waals surface area contributed by atoms with Gasteiger partial charge in [0.1, 0.15) is 0 Å². The van der Waals surface area contributed by atoms with Crippen LogP contribution in [0, 0.1) is 0 Å². The molecule has 1 aromatic heterocycles. The SMILES string of the molecule is Clc1ccc(Cn2cncc2CNC2Cc3ccccc3CN(Cc3cccc(Cl)c3)C2)cc1. The number of benzene rings is 3. The molecule has 0 saturated carbocycles. The summed E-state index contributed by atoms with van der Waals surface area (Å²) in [6.07, 6.45) is 4.87. The zero-order chi connectivity index (χ0) is 23.3. The first-order valence-electron chi connectivity index (χ1n) is 11.6. The summed E-state index contributed by atoms with van der Waals surface area (Å²) in [4.78, 5) is 6.92. The Morgan fingerprint density at radius 2 is 1.68 bits per heavy atom. The largest absolute Gasteiger partial charge is 0.329 e. The Kier molecular flexibility index (Phi) is 7.31. The van der Waals surface area contributed by atoms with Crippen LogP contribution in [0.1, 0.15) is 27.9 Å². The van der Waals surface area contributed by atoms with Gasteiger partial charge in [-0.15, -0.1) is 0 Å². The van der Waals surface area contributed by atoms with Crippen LogP contribution < -0.4 is 5.32 Å². The summed E-state index contributed by atoms with van der Waals surface area (Å²) in [6.45, 7) is 4.33. The number of fused-ring (bicyclic) bond motifs is 1. The van der Waals surface area contributed by atoms with Crippen LogP contribution in [0.2, 0.25) is 10.0 Å². The van der Waals surface area contributed by atoms with E-state index in [1.807, 2.05) is 36.8 Å². The van der Waals surface area contributed by atoms with Crippen molar-refractivity contribution in [3.8, 4) is 0 Å². The number of nitrogens with one attached hydrogen (secondary N) is 1. The number of hydrogen-bond acceptors (Lipinski definition) is 3. The molecule has 0 amide bonds. The standard InChI is InChI=1S/C28H28Cl2N4/c29-25-10-8-21(9-11-25)17-34-20-31-14-28(34)15-32-27-13-23-5-1-2-6-24(23)18-33(19-27)16-22-4-3-7-26(30)12-22/h1-12,14,20,27,32H,13,15-19H2. The highest BCUT2D eigenvalue weighted by Crippen LogP contribution is 2.22. The lowest BCUT2D eigenvalue weighted by atomic mass is 10.0. The molecule has 174 valence electrons. The molecule has 1 N–H and O–H groups in total. The van der Waals surface area contributed by atoms with Crippen LogP contribution in [0.15, 0.2) is 85.3 Å².